The smallest absolute Gasteiger partial charge is 0.272 e. The number of aliphatic imine (C=N–C) groups is 2. The number of amidine groups is 2. The van der Waals surface area contributed by atoms with Gasteiger partial charge in [0, 0.05) is 63.5 Å². The minimum absolute atomic E-state index is 0.0372. The second-order valence-electron chi connectivity index (χ2n) is 24.2. The van der Waals surface area contributed by atoms with E-state index in [2.05, 4.69) is 24.5 Å². The summed E-state index contributed by atoms with van der Waals surface area (Å²) in [5, 5.41) is 6.09. The molecule has 2 spiro atoms. The first-order chi connectivity index (χ1) is 38.7. The monoisotopic (exact) mass is 1170 g/mol. The molecule has 0 bridgehead atoms. The van der Waals surface area contributed by atoms with Gasteiger partial charge in [-0.05, 0) is 168 Å². The van der Waals surface area contributed by atoms with E-state index in [1.54, 1.807) is 30.8 Å². The summed E-state index contributed by atoms with van der Waals surface area (Å²) in [6.45, 7) is 15.3. The van der Waals surface area contributed by atoms with Gasteiger partial charge in [-0.1, -0.05) is 39.5 Å². The molecule has 10 rings (SSSR count). The van der Waals surface area contributed by atoms with Crippen LogP contribution in [-0.2, 0) is 42.5 Å². The van der Waals surface area contributed by atoms with Crippen LogP contribution in [-0.4, -0.2) is 118 Å². The van der Waals surface area contributed by atoms with Crippen LogP contribution in [0.4, 0.5) is 28.4 Å². The van der Waals surface area contributed by atoms with Gasteiger partial charge in [0.05, 0.1) is 18.1 Å². The van der Waals surface area contributed by atoms with Crippen molar-refractivity contribution in [1.29, 1.82) is 0 Å². The highest BCUT2D eigenvalue weighted by Crippen LogP contribution is 2.39. The molecule has 4 aliphatic heterocycles. The fraction of sp³-hybridized carbons (Fsp3) is 0.600. The van der Waals surface area contributed by atoms with E-state index in [1.165, 1.54) is 8.61 Å². The number of carbonyl (C=O) groups excluding carboxylic acids is 2. The maximum atomic E-state index is 13.4. The average Bonchev–Trinajstić information content (AvgIpc) is 3.96. The van der Waals surface area contributed by atoms with Gasteiger partial charge < -0.3 is 30.9 Å². The molecule has 4 heterocycles. The molecule has 0 atom stereocenters. The first-order valence-electron chi connectivity index (χ1n) is 29.2. The normalized spacial score (nSPS) is 23.1. The zero-order valence-corrected chi connectivity index (χ0v) is 50.7. The number of nitrogen functional groups attached to an aromatic ring is 1. The molecule has 2 saturated heterocycles. The van der Waals surface area contributed by atoms with E-state index in [9.17, 15) is 45.6 Å². The minimum atomic E-state index is -3.54. The number of piperidine rings is 2. The van der Waals surface area contributed by atoms with Gasteiger partial charge in [0.25, 0.3) is 33.5 Å². The minimum Gasteiger partial charge on any atom is -0.488 e. The zero-order chi connectivity index (χ0) is 59.4. The van der Waals surface area contributed by atoms with E-state index >= 15 is 0 Å². The number of sulfonamides is 2. The number of nitrogens with zero attached hydrogens (tertiary/aromatic N) is 6. The van der Waals surface area contributed by atoms with Gasteiger partial charge in [-0.15, -0.1) is 0 Å². The molecule has 2 amide bonds. The lowest BCUT2D eigenvalue weighted by molar-refractivity contribution is -0.125. The SMILES string of the molecule is CCOc1c(N(C)c2cc(C)c(CCS(=O)(=O)N3CCC4(CC3)N=C(C3CCC(C)CC3)NC4=O)c(C)c2)c(=O)c1=O.Cc1cc(N(C)c2c(N)c(=O)c2=O)cc(C)c1CCS(=O)(=O)N1CCC2(CC1)N=C(C1CCC(C)CC1)NC2=O. The van der Waals surface area contributed by atoms with E-state index in [4.69, 9.17) is 20.5 Å². The Hall–Kier alpha value is -6.10. The van der Waals surface area contributed by atoms with Gasteiger partial charge >= 0.3 is 0 Å². The fourth-order valence-electron chi connectivity index (χ4n) is 13.3. The predicted octanol–water partition coefficient (Wildman–Crippen LogP) is 5.44. The van der Waals surface area contributed by atoms with Gasteiger partial charge in [-0.3, -0.25) is 38.8 Å². The summed E-state index contributed by atoms with van der Waals surface area (Å²) < 4.78 is 61.8. The number of nitrogens with two attached hydrogens (primary N) is 1. The third-order valence-electron chi connectivity index (χ3n) is 18.8. The van der Waals surface area contributed by atoms with Crippen molar-refractivity contribution in [2.24, 2.45) is 33.7 Å². The highest BCUT2D eigenvalue weighted by Gasteiger charge is 2.50. The highest BCUT2D eigenvalue weighted by atomic mass is 32.2. The molecular weight excluding hydrogens is 1090 g/mol. The summed E-state index contributed by atoms with van der Waals surface area (Å²) in [4.78, 5) is 86.6. The summed E-state index contributed by atoms with van der Waals surface area (Å²) in [5.41, 5.74) is 8.86. The van der Waals surface area contributed by atoms with Crippen LogP contribution in [0.3, 0.4) is 0 Å². The van der Waals surface area contributed by atoms with Gasteiger partial charge in [0.1, 0.15) is 39.8 Å². The van der Waals surface area contributed by atoms with Gasteiger partial charge in [0.2, 0.25) is 20.0 Å². The molecule has 6 aliphatic rings. The second-order valence-corrected chi connectivity index (χ2v) is 28.4. The van der Waals surface area contributed by atoms with Crippen LogP contribution in [0.2, 0.25) is 0 Å². The summed E-state index contributed by atoms with van der Waals surface area (Å²) >= 11 is 0. The van der Waals surface area contributed by atoms with Crippen LogP contribution in [0.1, 0.15) is 131 Å². The van der Waals surface area contributed by atoms with Crippen LogP contribution in [0, 0.1) is 51.4 Å². The summed E-state index contributed by atoms with van der Waals surface area (Å²) in [6, 6.07) is 7.54. The van der Waals surface area contributed by atoms with Gasteiger partial charge in [-0.2, -0.15) is 0 Å². The lowest BCUT2D eigenvalue weighted by Crippen LogP contribution is -2.51. The molecule has 4 fully saturated rings. The third-order valence-corrected chi connectivity index (χ3v) is 22.5. The number of anilines is 5. The van der Waals surface area contributed by atoms with Crippen LogP contribution in [0.15, 0.2) is 53.4 Å². The predicted molar refractivity (Wildman–Crippen MR) is 322 cm³/mol. The topological polar surface area (TPSA) is 268 Å². The Morgan fingerprint density at radius 3 is 1.28 bits per heavy atom. The Bertz CT molecular complexity index is 3540. The maximum absolute atomic E-state index is 13.4. The largest absolute Gasteiger partial charge is 0.488 e. The summed E-state index contributed by atoms with van der Waals surface area (Å²) in [5.74, 6) is 3.47. The standard InChI is InChI=1S/C31H42N4O6S.C29H39N5O5S/c1-6-41-28-25(26(36)27(28)37)34(5)23-17-20(3)24(21(4)18-23)11-16-42(39,40)35-14-12-31(13-15-35)30(38)32-29(33-31)22-9-7-19(2)8-10-22;1-17-5-7-20(8-6-17)27-31-28(37)29(32-27)10-12-34(13-11-29)40(38,39)14-9-22-18(2)15-21(16-19(22)3)33(4)24-23(30)25(35)26(24)36/h17-19,22H,6-16H2,1-5H3,(H,32,33,38);15-17,20H,5-14,30H2,1-4H3,(H,31,32,37). The fourth-order valence-corrected chi connectivity index (χ4v) is 16.2. The van der Waals surface area contributed by atoms with E-state index in [0.717, 1.165) is 102 Å². The number of carbonyl (C=O) groups is 2. The van der Waals surface area contributed by atoms with Crippen molar-refractivity contribution >= 4 is 72.0 Å². The molecule has 20 nitrogen and oxygen atoms in total. The quantitative estimate of drug-likeness (QED) is 0.118. The number of nitrogens with one attached hydrogen (secondary N) is 2. The van der Waals surface area contributed by atoms with Crippen molar-refractivity contribution in [2.45, 2.75) is 149 Å². The lowest BCUT2D eigenvalue weighted by atomic mass is 9.82. The Morgan fingerprint density at radius 1 is 0.573 bits per heavy atom. The van der Waals surface area contributed by atoms with Crippen molar-refractivity contribution in [3.63, 3.8) is 0 Å². The zero-order valence-electron chi connectivity index (χ0n) is 49.0. The molecule has 4 aromatic rings. The number of hydrogen-bond acceptors (Lipinski definition) is 16. The number of aryl methyl sites for hydroxylation is 4. The van der Waals surface area contributed by atoms with E-state index in [1.807, 2.05) is 52.0 Å². The molecule has 82 heavy (non-hydrogen) atoms. The first-order valence-corrected chi connectivity index (χ1v) is 32.4. The number of hydrogen-bond donors (Lipinski definition) is 3. The average molecular weight is 1170 g/mol. The molecule has 444 valence electrons. The molecule has 0 radical (unpaired) electrons. The summed E-state index contributed by atoms with van der Waals surface area (Å²) in [6.07, 6.45) is 11.0. The Labute approximate surface area is 481 Å². The lowest BCUT2D eigenvalue weighted by Gasteiger charge is -2.35. The number of ether oxygens (including phenoxy) is 1. The highest BCUT2D eigenvalue weighted by molar-refractivity contribution is 7.89. The van der Waals surface area contributed by atoms with Crippen molar-refractivity contribution < 1.29 is 31.2 Å². The van der Waals surface area contributed by atoms with Crippen molar-refractivity contribution in [3.8, 4) is 5.75 Å². The van der Waals surface area contributed by atoms with Gasteiger partial charge in [-0.25, -0.2) is 25.4 Å². The van der Waals surface area contributed by atoms with E-state index in [-0.39, 0.29) is 78.9 Å². The maximum Gasteiger partial charge on any atom is 0.272 e. The summed E-state index contributed by atoms with van der Waals surface area (Å²) in [7, 11) is -3.68. The van der Waals surface area contributed by atoms with Crippen molar-refractivity contribution in [2.75, 3.05) is 73.9 Å². The van der Waals surface area contributed by atoms with Crippen LogP contribution in [0.25, 0.3) is 0 Å². The second kappa shape index (κ2) is 23.5. The van der Waals surface area contributed by atoms with Crippen molar-refractivity contribution in [3.05, 3.63) is 98.5 Å². The van der Waals surface area contributed by atoms with E-state index < -0.39 is 52.8 Å². The molecule has 0 aromatic heterocycles. The van der Waals surface area contributed by atoms with Crippen LogP contribution < -0.4 is 52.6 Å². The van der Waals surface area contributed by atoms with E-state index in [0.29, 0.717) is 67.9 Å². The molecule has 22 heteroatoms. The molecule has 2 aliphatic carbocycles. The number of amides is 2. The third kappa shape index (κ3) is 11.7. The molecular formula is C60H81N9O11S2. The Kier molecular flexibility index (Phi) is 17.3. The molecule has 4 N–H and O–H groups in total. The molecule has 2 saturated carbocycles. The van der Waals surface area contributed by atoms with Crippen molar-refractivity contribution in [1.82, 2.24) is 19.2 Å². The van der Waals surface area contributed by atoms with Gasteiger partial charge in [0.15, 0.2) is 5.75 Å². The molecule has 4 aromatic carbocycles. The number of rotatable bonds is 16. The Balaban J connectivity index is 0.000000198. The van der Waals surface area contributed by atoms with Crippen LogP contribution in [0.5, 0.6) is 5.75 Å². The Morgan fingerprint density at radius 2 is 0.927 bits per heavy atom. The molecule has 0 unspecified atom stereocenters. The first kappa shape index (κ1) is 60.5. The number of benzene rings is 2. The van der Waals surface area contributed by atoms with Crippen LogP contribution >= 0.6 is 0 Å².